The number of hydrogen-bond donors (Lipinski definition) is 1. The molecule has 5 heteroatoms. The molecule has 82 valence electrons. The number of nitrogens with zero attached hydrogens (tertiary/aromatic N) is 1. The van der Waals surface area contributed by atoms with Crippen LogP contribution in [0.15, 0.2) is 33.5 Å². The van der Waals surface area contributed by atoms with E-state index in [4.69, 9.17) is 0 Å². The molecule has 0 aliphatic heterocycles. The van der Waals surface area contributed by atoms with Crippen molar-refractivity contribution in [3.8, 4) is 11.3 Å². The molecule has 0 spiro atoms. The number of rotatable bonds is 1. The Labute approximate surface area is 99.5 Å². The molecule has 0 amide bonds. The molecule has 1 N–H and O–H groups in total. The molecule has 16 heavy (non-hydrogen) atoms. The van der Waals surface area contributed by atoms with Crippen molar-refractivity contribution in [2.45, 2.75) is 6.92 Å². The van der Waals surface area contributed by atoms with E-state index in [1.807, 2.05) is 0 Å². The topological polar surface area (TPSA) is 45.8 Å². The standard InChI is InChI=1S/C11H8BrFN2O/c1-6-5-9(15-11(16)14-6)7-3-2-4-8(12)10(7)13/h2-5H,1H3,(H,14,15,16). The molecule has 0 saturated carbocycles. The first kappa shape index (κ1) is 11.0. The van der Waals surface area contributed by atoms with E-state index in [1.165, 1.54) is 0 Å². The second-order valence-electron chi connectivity index (χ2n) is 3.36. The minimum Gasteiger partial charge on any atom is -0.310 e. The lowest BCUT2D eigenvalue weighted by Gasteiger charge is -2.04. The van der Waals surface area contributed by atoms with E-state index >= 15 is 0 Å². The van der Waals surface area contributed by atoms with Gasteiger partial charge in [0.25, 0.3) is 0 Å². The number of halogens is 2. The lowest BCUT2D eigenvalue weighted by atomic mass is 10.1. The smallest absolute Gasteiger partial charge is 0.310 e. The summed E-state index contributed by atoms with van der Waals surface area (Å²) in [7, 11) is 0. The molecule has 0 fully saturated rings. The largest absolute Gasteiger partial charge is 0.345 e. The maximum Gasteiger partial charge on any atom is 0.345 e. The zero-order valence-corrected chi connectivity index (χ0v) is 10.0. The van der Waals surface area contributed by atoms with Gasteiger partial charge in [-0.1, -0.05) is 6.07 Å². The third kappa shape index (κ3) is 2.04. The zero-order chi connectivity index (χ0) is 11.7. The third-order valence-corrected chi connectivity index (χ3v) is 2.72. The van der Waals surface area contributed by atoms with E-state index in [1.54, 1.807) is 31.2 Å². The minimum atomic E-state index is -0.477. The second-order valence-corrected chi connectivity index (χ2v) is 4.21. The molecule has 0 aliphatic carbocycles. The fraction of sp³-hybridized carbons (Fsp3) is 0.0909. The number of nitrogens with one attached hydrogen (secondary N) is 1. The SMILES string of the molecule is Cc1cc(-c2cccc(Br)c2F)nc(=O)[nH]1. The fourth-order valence-electron chi connectivity index (χ4n) is 1.42. The first-order valence-electron chi connectivity index (χ1n) is 4.60. The number of aromatic amines is 1. The number of benzene rings is 1. The molecule has 2 aromatic rings. The van der Waals surface area contributed by atoms with Crippen LogP contribution >= 0.6 is 15.9 Å². The zero-order valence-electron chi connectivity index (χ0n) is 8.42. The Balaban J connectivity index is 2.67. The van der Waals surface area contributed by atoms with E-state index in [2.05, 4.69) is 25.9 Å². The summed E-state index contributed by atoms with van der Waals surface area (Å²) < 4.78 is 14.1. The Bertz CT molecular complexity index is 595. The quantitative estimate of drug-likeness (QED) is 0.874. The van der Waals surface area contributed by atoms with Crippen LogP contribution in [0.1, 0.15) is 5.69 Å². The summed E-state index contributed by atoms with van der Waals surface area (Å²) in [5.41, 5.74) is 0.812. The van der Waals surface area contributed by atoms with Gasteiger partial charge in [0, 0.05) is 11.3 Å². The number of hydrogen-bond acceptors (Lipinski definition) is 2. The van der Waals surface area contributed by atoms with Crippen LogP contribution in [0, 0.1) is 12.7 Å². The van der Waals surface area contributed by atoms with E-state index in [0.29, 0.717) is 21.4 Å². The molecule has 0 saturated heterocycles. The fourth-order valence-corrected chi connectivity index (χ4v) is 1.79. The summed E-state index contributed by atoms with van der Waals surface area (Å²) in [6.45, 7) is 1.72. The van der Waals surface area contributed by atoms with Crippen molar-refractivity contribution >= 4 is 15.9 Å². The van der Waals surface area contributed by atoms with Crippen LogP contribution in [0.25, 0.3) is 11.3 Å². The molecule has 0 aliphatic rings. The Morgan fingerprint density at radius 3 is 2.88 bits per heavy atom. The lowest BCUT2D eigenvalue weighted by Crippen LogP contribution is -2.12. The van der Waals surface area contributed by atoms with Gasteiger partial charge >= 0.3 is 5.69 Å². The highest BCUT2D eigenvalue weighted by Crippen LogP contribution is 2.25. The van der Waals surface area contributed by atoms with Crippen molar-refractivity contribution in [2.75, 3.05) is 0 Å². The molecule has 0 bridgehead atoms. The first-order chi connectivity index (χ1) is 7.58. The highest BCUT2D eigenvalue weighted by atomic mass is 79.9. The molecule has 1 heterocycles. The van der Waals surface area contributed by atoms with Gasteiger partial charge in [0.15, 0.2) is 0 Å². The van der Waals surface area contributed by atoms with Crippen molar-refractivity contribution < 1.29 is 4.39 Å². The monoisotopic (exact) mass is 282 g/mol. The maximum atomic E-state index is 13.8. The van der Waals surface area contributed by atoms with Gasteiger partial charge in [-0.25, -0.2) is 9.18 Å². The van der Waals surface area contributed by atoms with Gasteiger partial charge < -0.3 is 4.98 Å². The summed E-state index contributed by atoms with van der Waals surface area (Å²) in [4.78, 5) is 17.4. The Morgan fingerprint density at radius 1 is 1.44 bits per heavy atom. The summed E-state index contributed by atoms with van der Waals surface area (Å²) in [6.07, 6.45) is 0. The van der Waals surface area contributed by atoms with Crippen molar-refractivity contribution in [1.29, 1.82) is 0 Å². The molecule has 1 aromatic carbocycles. The third-order valence-electron chi connectivity index (χ3n) is 2.11. The summed E-state index contributed by atoms with van der Waals surface area (Å²) in [5.74, 6) is -0.417. The minimum absolute atomic E-state index is 0.309. The molecule has 1 aromatic heterocycles. The molecule has 0 unspecified atom stereocenters. The Morgan fingerprint density at radius 2 is 2.19 bits per heavy atom. The van der Waals surface area contributed by atoms with Crippen molar-refractivity contribution in [1.82, 2.24) is 9.97 Å². The van der Waals surface area contributed by atoms with Gasteiger partial charge in [-0.15, -0.1) is 0 Å². The molecule has 2 rings (SSSR count). The van der Waals surface area contributed by atoms with E-state index in [-0.39, 0.29) is 0 Å². The Hall–Kier alpha value is -1.49. The highest BCUT2D eigenvalue weighted by molar-refractivity contribution is 9.10. The second kappa shape index (κ2) is 4.17. The van der Waals surface area contributed by atoms with Gasteiger partial charge in [0.05, 0.1) is 10.2 Å². The number of aryl methyl sites for hydroxylation is 1. The average molecular weight is 283 g/mol. The molecular formula is C11H8BrFN2O. The average Bonchev–Trinajstić information content (AvgIpc) is 2.20. The predicted molar refractivity (Wildman–Crippen MR) is 62.7 cm³/mol. The van der Waals surface area contributed by atoms with Gasteiger partial charge in [-0.05, 0) is 41.1 Å². The van der Waals surface area contributed by atoms with Crippen molar-refractivity contribution in [2.24, 2.45) is 0 Å². The van der Waals surface area contributed by atoms with Crippen LogP contribution in [0.4, 0.5) is 4.39 Å². The maximum absolute atomic E-state index is 13.8. The first-order valence-corrected chi connectivity index (χ1v) is 5.39. The molecule has 3 nitrogen and oxygen atoms in total. The van der Waals surface area contributed by atoms with Crippen LogP contribution in [-0.2, 0) is 0 Å². The summed E-state index contributed by atoms with van der Waals surface area (Å²) >= 11 is 3.09. The van der Waals surface area contributed by atoms with Gasteiger partial charge in [0.1, 0.15) is 5.82 Å². The molecular weight excluding hydrogens is 275 g/mol. The van der Waals surface area contributed by atoms with Crippen LogP contribution in [0.5, 0.6) is 0 Å². The normalized spacial score (nSPS) is 10.4. The number of aromatic nitrogens is 2. The van der Waals surface area contributed by atoms with Gasteiger partial charge in [0.2, 0.25) is 0 Å². The van der Waals surface area contributed by atoms with E-state index in [9.17, 15) is 9.18 Å². The van der Waals surface area contributed by atoms with Crippen LogP contribution in [0.3, 0.4) is 0 Å². The predicted octanol–water partition coefficient (Wildman–Crippen LogP) is 2.65. The number of H-pyrrole nitrogens is 1. The lowest BCUT2D eigenvalue weighted by molar-refractivity contribution is 0.624. The van der Waals surface area contributed by atoms with Crippen LogP contribution in [0.2, 0.25) is 0 Å². The highest BCUT2D eigenvalue weighted by Gasteiger charge is 2.10. The summed E-state index contributed by atoms with van der Waals surface area (Å²) in [6, 6.07) is 6.51. The van der Waals surface area contributed by atoms with Crippen LogP contribution < -0.4 is 5.69 Å². The van der Waals surface area contributed by atoms with Gasteiger partial charge in [-0.2, -0.15) is 4.98 Å². The van der Waals surface area contributed by atoms with E-state index < -0.39 is 11.5 Å². The Kier molecular flexibility index (Phi) is 2.87. The molecule has 0 radical (unpaired) electrons. The van der Waals surface area contributed by atoms with Crippen molar-refractivity contribution in [3.05, 3.63) is 50.7 Å². The molecule has 0 atom stereocenters. The van der Waals surface area contributed by atoms with Crippen LogP contribution in [-0.4, -0.2) is 9.97 Å². The van der Waals surface area contributed by atoms with Gasteiger partial charge in [-0.3, -0.25) is 0 Å². The van der Waals surface area contributed by atoms with E-state index in [0.717, 1.165) is 0 Å². The summed E-state index contributed by atoms with van der Waals surface area (Å²) in [5, 5.41) is 0. The van der Waals surface area contributed by atoms with Crippen molar-refractivity contribution in [3.63, 3.8) is 0 Å².